The summed E-state index contributed by atoms with van der Waals surface area (Å²) >= 11 is 0. The molecule has 25 heavy (non-hydrogen) atoms. The van der Waals surface area contributed by atoms with Gasteiger partial charge in [0.15, 0.2) is 0 Å². The van der Waals surface area contributed by atoms with Gasteiger partial charge in [0, 0.05) is 24.9 Å². The summed E-state index contributed by atoms with van der Waals surface area (Å²) in [6, 6.07) is 9.99. The highest BCUT2D eigenvalue weighted by Crippen LogP contribution is 2.51. The number of aliphatic hydroxyl groups excluding tert-OH is 1. The van der Waals surface area contributed by atoms with E-state index in [1.165, 1.54) is 5.56 Å². The number of piperidine rings is 1. The van der Waals surface area contributed by atoms with Crippen molar-refractivity contribution in [1.29, 1.82) is 5.26 Å². The van der Waals surface area contributed by atoms with Crippen molar-refractivity contribution < 1.29 is 9.84 Å². The Morgan fingerprint density at radius 3 is 2.52 bits per heavy atom. The zero-order valence-electron chi connectivity index (χ0n) is 15.3. The fourth-order valence-electron chi connectivity index (χ4n) is 4.06. The minimum Gasteiger partial charge on any atom is -0.392 e. The molecule has 1 N–H and O–H groups in total. The van der Waals surface area contributed by atoms with E-state index in [-0.39, 0.29) is 17.6 Å². The third kappa shape index (κ3) is 4.04. The van der Waals surface area contributed by atoms with E-state index < -0.39 is 0 Å². The lowest BCUT2D eigenvalue weighted by atomic mass is 9.58. The number of likely N-dealkylation sites (N-methyl/N-ethyl adjacent to an activating group) is 1. The van der Waals surface area contributed by atoms with E-state index in [2.05, 4.69) is 30.0 Å². The molecule has 2 aliphatic rings. The quantitative estimate of drug-likeness (QED) is 0.854. The van der Waals surface area contributed by atoms with Crippen LogP contribution in [0.4, 0.5) is 0 Å². The van der Waals surface area contributed by atoms with Gasteiger partial charge in [0.25, 0.3) is 0 Å². The van der Waals surface area contributed by atoms with Gasteiger partial charge >= 0.3 is 0 Å². The summed E-state index contributed by atoms with van der Waals surface area (Å²) in [5.74, 6) is 0. The molecule has 1 saturated heterocycles. The Balaban J connectivity index is 1.50. The van der Waals surface area contributed by atoms with E-state index in [1.807, 2.05) is 24.3 Å². The van der Waals surface area contributed by atoms with Gasteiger partial charge in [0.1, 0.15) is 0 Å². The highest BCUT2D eigenvalue weighted by Gasteiger charge is 2.55. The number of hydrogen-bond donors (Lipinski definition) is 1. The Morgan fingerprint density at radius 1 is 1.28 bits per heavy atom. The Hall–Kier alpha value is -1.45. The van der Waals surface area contributed by atoms with Crippen molar-refractivity contribution in [3.8, 4) is 6.07 Å². The molecule has 0 radical (unpaired) electrons. The number of likely N-dealkylation sites (tertiary alicyclic amines) is 1. The molecule has 1 aliphatic carbocycles. The molecule has 5 heteroatoms. The summed E-state index contributed by atoms with van der Waals surface area (Å²) in [5.41, 5.74) is 1.91. The van der Waals surface area contributed by atoms with Crippen LogP contribution in [0, 0.1) is 16.7 Å². The molecule has 1 aromatic rings. The van der Waals surface area contributed by atoms with Gasteiger partial charge in [-0.15, -0.1) is 0 Å². The lowest BCUT2D eigenvalue weighted by molar-refractivity contribution is -0.212. The zero-order valence-corrected chi connectivity index (χ0v) is 15.3. The average Bonchev–Trinajstić information content (AvgIpc) is 2.62. The van der Waals surface area contributed by atoms with Crippen LogP contribution >= 0.6 is 0 Å². The molecule has 0 bridgehead atoms. The van der Waals surface area contributed by atoms with Crippen molar-refractivity contribution in [2.24, 2.45) is 5.41 Å². The maximum absolute atomic E-state index is 10.4. The van der Waals surface area contributed by atoms with E-state index in [4.69, 9.17) is 10.00 Å². The average molecular weight is 343 g/mol. The highest BCUT2D eigenvalue weighted by molar-refractivity contribution is 5.31. The Bertz CT molecular complexity index is 600. The SMILES string of the molecule is CN(C)CCO[C@@H]1C[C@H](O)C12CCN(Cc1ccc(C#N)cc1)CC2. The third-order valence-corrected chi connectivity index (χ3v) is 5.88. The van der Waals surface area contributed by atoms with Crippen LogP contribution in [-0.4, -0.2) is 67.5 Å². The molecule has 0 amide bonds. The van der Waals surface area contributed by atoms with Crippen LogP contribution in [0.1, 0.15) is 30.4 Å². The van der Waals surface area contributed by atoms with Gasteiger partial charge in [-0.1, -0.05) is 12.1 Å². The van der Waals surface area contributed by atoms with Crippen molar-refractivity contribution in [2.45, 2.75) is 38.0 Å². The number of rotatable bonds is 6. The minimum atomic E-state index is -0.214. The first-order valence-corrected chi connectivity index (χ1v) is 9.19. The second-order valence-corrected chi connectivity index (χ2v) is 7.73. The summed E-state index contributed by atoms with van der Waals surface area (Å²) < 4.78 is 6.08. The molecule has 0 aromatic heterocycles. The maximum atomic E-state index is 10.4. The smallest absolute Gasteiger partial charge is 0.0991 e. The molecule has 5 nitrogen and oxygen atoms in total. The minimum absolute atomic E-state index is 0.0342. The molecule has 136 valence electrons. The molecule has 2 atom stereocenters. The molecule has 0 unspecified atom stereocenters. The molecule has 1 heterocycles. The molecule has 2 fully saturated rings. The Kier molecular flexibility index (Phi) is 5.75. The lowest BCUT2D eigenvalue weighted by Crippen LogP contribution is -2.62. The van der Waals surface area contributed by atoms with Gasteiger partial charge in [-0.05, 0) is 57.7 Å². The summed E-state index contributed by atoms with van der Waals surface area (Å²) in [4.78, 5) is 4.57. The topological polar surface area (TPSA) is 59.7 Å². The van der Waals surface area contributed by atoms with E-state index >= 15 is 0 Å². The van der Waals surface area contributed by atoms with Crippen molar-refractivity contribution in [3.63, 3.8) is 0 Å². The number of hydrogen-bond acceptors (Lipinski definition) is 5. The molecule has 1 aromatic carbocycles. The predicted molar refractivity (Wildman–Crippen MR) is 97.0 cm³/mol. The fraction of sp³-hybridized carbons (Fsp3) is 0.650. The van der Waals surface area contributed by atoms with E-state index in [0.717, 1.165) is 52.0 Å². The van der Waals surface area contributed by atoms with Gasteiger partial charge in [-0.3, -0.25) is 4.90 Å². The summed E-state index contributed by atoms with van der Waals surface area (Å²) in [7, 11) is 4.10. The van der Waals surface area contributed by atoms with Crippen molar-refractivity contribution in [2.75, 3.05) is 40.3 Å². The first kappa shape index (κ1) is 18.3. The fourth-order valence-corrected chi connectivity index (χ4v) is 4.06. The molecule has 1 saturated carbocycles. The Labute approximate surface area is 150 Å². The zero-order chi connectivity index (χ0) is 17.9. The lowest BCUT2D eigenvalue weighted by Gasteiger charge is -2.56. The van der Waals surface area contributed by atoms with E-state index in [9.17, 15) is 5.11 Å². The van der Waals surface area contributed by atoms with Crippen molar-refractivity contribution in [3.05, 3.63) is 35.4 Å². The van der Waals surface area contributed by atoms with Crippen LogP contribution in [0.2, 0.25) is 0 Å². The second kappa shape index (κ2) is 7.84. The van der Waals surface area contributed by atoms with Crippen LogP contribution in [0.25, 0.3) is 0 Å². The van der Waals surface area contributed by atoms with Gasteiger partial charge in [0.05, 0.1) is 30.4 Å². The summed E-state index contributed by atoms with van der Waals surface area (Å²) in [5, 5.41) is 19.3. The molecular weight excluding hydrogens is 314 g/mol. The molecule has 1 spiro atoms. The number of nitrogens with zero attached hydrogens (tertiary/aromatic N) is 3. The van der Waals surface area contributed by atoms with Crippen LogP contribution in [-0.2, 0) is 11.3 Å². The Morgan fingerprint density at radius 2 is 1.96 bits per heavy atom. The number of ether oxygens (including phenoxy) is 1. The van der Waals surface area contributed by atoms with E-state index in [1.54, 1.807) is 0 Å². The monoisotopic (exact) mass is 343 g/mol. The standard InChI is InChI=1S/C20H29N3O2/c1-22(2)11-12-25-19-13-18(24)20(19)7-9-23(10-8-20)15-17-5-3-16(14-21)4-6-17/h3-6,18-19,24H,7-13,15H2,1-2H3/t18-,19+/m0/s1. The number of nitriles is 1. The number of benzene rings is 1. The van der Waals surface area contributed by atoms with Gasteiger partial charge < -0.3 is 14.7 Å². The van der Waals surface area contributed by atoms with Crippen LogP contribution < -0.4 is 0 Å². The normalized spacial score (nSPS) is 25.7. The van der Waals surface area contributed by atoms with Gasteiger partial charge in [-0.25, -0.2) is 0 Å². The van der Waals surface area contributed by atoms with Crippen molar-refractivity contribution in [1.82, 2.24) is 9.80 Å². The van der Waals surface area contributed by atoms with Crippen LogP contribution in [0.15, 0.2) is 24.3 Å². The maximum Gasteiger partial charge on any atom is 0.0991 e. The predicted octanol–water partition coefficient (Wildman–Crippen LogP) is 1.85. The van der Waals surface area contributed by atoms with Crippen LogP contribution in [0.3, 0.4) is 0 Å². The summed E-state index contributed by atoms with van der Waals surface area (Å²) in [6.45, 7) is 4.55. The van der Waals surface area contributed by atoms with Gasteiger partial charge in [-0.2, -0.15) is 5.26 Å². The largest absolute Gasteiger partial charge is 0.392 e. The van der Waals surface area contributed by atoms with Crippen molar-refractivity contribution >= 4 is 0 Å². The van der Waals surface area contributed by atoms with Gasteiger partial charge in [0.2, 0.25) is 0 Å². The summed E-state index contributed by atoms with van der Waals surface area (Å²) in [6.07, 6.45) is 2.77. The number of aliphatic hydroxyl groups is 1. The molecule has 1 aliphatic heterocycles. The van der Waals surface area contributed by atoms with E-state index in [0.29, 0.717) is 5.56 Å². The first-order valence-electron chi connectivity index (χ1n) is 9.19. The third-order valence-electron chi connectivity index (χ3n) is 5.88. The molecule has 3 rings (SSSR count). The second-order valence-electron chi connectivity index (χ2n) is 7.73. The first-order chi connectivity index (χ1) is 12.0. The highest BCUT2D eigenvalue weighted by atomic mass is 16.5. The van der Waals surface area contributed by atoms with Crippen LogP contribution in [0.5, 0.6) is 0 Å². The molecular formula is C20H29N3O2.